The Balaban J connectivity index is 4.40. The number of sulfone groups is 1. The lowest BCUT2D eigenvalue weighted by atomic mass is 10.2. The molecule has 0 saturated carbocycles. The predicted molar refractivity (Wildman–Crippen MR) is 52.6 cm³/mol. The zero-order valence-corrected chi connectivity index (χ0v) is 10.2. The van der Waals surface area contributed by atoms with Gasteiger partial charge in [0, 0.05) is 6.26 Å². The Morgan fingerprint density at radius 3 is 1.86 bits per heavy atom. The highest BCUT2D eigenvalue weighted by Gasteiger charge is 2.21. The van der Waals surface area contributed by atoms with Gasteiger partial charge in [0.25, 0.3) is 0 Å². The van der Waals surface area contributed by atoms with Crippen LogP contribution in [0.3, 0.4) is 0 Å². The van der Waals surface area contributed by atoms with Crippen LogP contribution in [0.15, 0.2) is 0 Å². The number of hydrogen-bond donors (Lipinski definition) is 1. The Labute approximate surface area is 84.6 Å². The monoisotopic (exact) mass is 245 g/mol. The molecule has 0 aliphatic rings. The van der Waals surface area contributed by atoms with Gasteiger partial charge in [-0.2, -0.15) is 0 Å². The minimum absolute atomic E-state index is 0.704. The zero-order valence-electron chi connectivity index (χ0n) is 8.56. The summed E-state index contributed by atoms with van der Waals surface area (Å²) < 4.78 is 43.5. The van der Waals surface area contributed by atoms with E-state index in [1.54, 1.807) is 25.7 Å². The third kappa shape index (κ3) is 8.42. The SMILES string of the molecule is CC(C)(C)ONS(=O)(=O)CS(C)(=O)=O. The van der Waals surface area contributed by atoms with Crippen molar-refractivity contribution in [1.29, 1.82) is 0 Å². The molecule has 0 spiro atoms. The van der Waals surface area contributed by atoms with E-state index in [1.165, 1.54) is 0 Å². The maximum absolute atomic E-state index is 11.1. The average Bonchev–Trinajstić information content (AvgIpc) is 1.76. The predicted octanol–water partition coefficient (Wildman–Crippen LogP) is -0.362. The standard InChI is InChI=1S/C6H15NO5S2/c1-6(2,3)12-7-14(10,11)5-13(4,8)9/h7H,5H2,1-4H3. The van der Waals surface area contributed by atoms with E-state index in [0.717, 1.165) is 6.26 Å². The smallest absolute Gasteiger partial charge is 0.247 e. The number of rotatable bonds is 4. The second-order valence-electron chi connectivity index (χ2n) is 3.96. The molecule has 0 aromatic heterocycles. The van der Waals surface area contributed by atoms with Gasteiger partial charge in [-0.05, 0) is 20.8 Å². The highest BCUT2D eigenvalue weighted by molar-refractivity contribution is 8.06. The summed E-state index contributed by atoms with van der Waals surface area (Å²) in [7, 11) is -7.51. The summed E-state index contributed by atoms with van der Waals surface area (Å²) in [6.45, 7) is 4.90. The van der Waals surface area contributed by atoms with Crippen molar-refractivity contribution in [2.45, 2.75) is 26.4 Å². The zero-order chi connectivity index (χ0) is 11.6. The van der Waals surface area contributed by atoms with Crippen molar-refractivity contribution in [2.24, 2.45) is 0 Å². The van der Waals surface area contributed by atoms with Crippen LogP contribution >= 0.6 is 0 Å². The van der Waals surface area contributed by atoms with E-state index in [1.807, 2.05) is 0 Å². The van der Waals surface area contributed by atoms with E-state index in [9.17, 15) is 16.8 Å². The van der Waals surface area contributed by atoms with Crippen molar-refractivity contribution in [3.05, 3.63) is 0 Å². The van der Waals surface area contributed by atoms with Gasteiger partial charge in [-0.15, -0.1) is 0 Å². The van der Waals surface area contributed by atoms with Gasteiger partial charge in [0.15, 0.2) is 14.9 Å². The van der Waals surface area contributed by atoms with Crippen molar-refractivity contribution in [3.63, 3.8) is 0 Å². The topological polar surface area (TPSA) is 89.5 Å². The molecule has 0 heterocycles. The van der Waals surface area contributed by atoms with Crippen LogP contribution in [0, 0.1) is 0 Å². The Bertz CT molecular complexity index is 375. The Morgan fingerprint density at radius 2 is 1.57 bits per heavy atom. The van der Waals surface area contributed by atoms with Crippen LogP contribution in [0.1, 0.15) is 20.8 Å². The molecule has 0 atom stereocenters. The van der Waals surface area contributed by atoms with Crippen LogP contribution in [0.5, 0.6) is 0 Å². The molecule has 0 saturated heterocycles. The van der Waals surface area contributed by atoms with Crippen molar-refractivity contribution in [2.75, 3.05) is 11.3 Å². The molecule has 6 nitrogen and oxygen atoms in total. The third-order valence-electron chi connectivity index (χ3n) is 0.844. The molecule has 0 rings (SSSR count). The maximum Gasteiger partial charge on any atom is 0.247 e. The largest absolute Gasteiger partial charge is 0.281 e. The minimum atomic E-state index is -3.93. The van der Waals surface area contributed by atoms with Gasteiger partial charge in [0.1, 0.15) is 0 Å². The summed E-state index contributed by atoms with van der Waals surface area (Å²) in [6.07, 6.45) is 0.837. The summed E-state index contributed by atoms with van der Waals surface area (Å²) in [5.74, 6) is 0. The molecular formula is C6H15NO5S2. The summed E-state index contributed by atoms with van der Waals surface area (Å²) in [6, 6.07) is 0. The molecule has 0 amide bonds. The van der Waals surface area contributed by atoms with Crippen molar-refractivity contribution >= 4 is 19.9 Å². The normalized spacial score (nSPS) is 14.3. The number of sulfonamides is 1. The van der Waals surface area contributed by atoms with Gasteiger partial charge in [-0.25, -0.2) is 16.8 Å². The van der Waals surface area contributed by atoms with Gasteiger partial charge in [-0.3, -0.25) is 4.84 Å². The first-order valence-corrected chi connectivity index (χ1v) is 7.48. The number of nitrogens with one attached hydrogen (secondary N) is 1. The van der Waals surface area contributed by atoms with Gasteiger partial charge in [-0.1, -0.05) is 4.89 Å². The fourth-order valence-corrected chi connectivity index (χ4v) is 3.32. The Kier molecular flexibility index (Phi) is 4.08. The Morgan fingerprint density at radius 1 is 1.14 bits per heavy atom. The maximum atomic E-state index is 11.1. The van der Waals surface area contributed by atoms with E-state index >= 15 is 0 Å². The van der Waals surface area contributed by atoms with E-state index in [4.69, 9.17) is 4.84 Å². The van der Waals surface area contributed by atoms with Crippen LogP contribution in [0.25, 0.3) is 0 Å². The van der Waals surface area contributed by atoms with Crippen molar-refractivity contribution in [1.82, 2.24) is 4.89 Å². The summed E-state index contributed by atoms with van der Waals surface area (Å²) in [5.41, 5.74) is -0.704. The average molecular weight is 245 g/mol. The van der Waals surface area contributed by atoms with Gasteiger partial charge < -0.3 is 0 Å². The van der Waals surface area contributed by atoms with Crippen LogP contribution in [0.4, 0.5) is 0 Å². The Hall–Kier alpha value is -0.180. The molecule has 0 aliphatic heterocycles. The first-order valence-electron chi connectivity index (χ1n) is 3.76. The molecular weight excluding hydrogens is 230 g/mol. The van der Waals surface area contributed by atoms with Crippen LogP contribution in [-0.4, -0.2) is 33.8 Å². The molecule has 8 heteroatoms. The first-order chi connectivity index (χ1) is 5.91. The molecule has 86 valence electrons. The lowest BCUT2D eigenvalue weighted by molar-refractivity contribution is -0.0355. The van der Waals surface area contributed by atoms with E-state index in [2.05, 4.69) is 0 Å². The van der Waals surface area contributed by atoms with Gasteiger partial charge in [0.05, 0.1) is 5.60 Å². The lowest BCUT2D eigenvalue weighted by Crippen LogP contribution is -2.36. The molecule has 0 fully saturated rings. The van der Waals surface area contributed by atoms with Crippen molar-refractivity contribution in [3.8, 4) is 0 Å². The second kappa shape index (κ2) is 4.13. The third-order valence-corrected chi connectivity index (χ3v) is 4.14. The fourth-order valence-electron chi connectivity index (χ4n) is 0.494. The van der Waals surface area contributed by atoms with E-state index < -0.39 is 30.5 Å². The lowest BCUT2D eigenvalue weighted by Gasteiger charge is -2.18. The molecule has 0 radical (unpaired) electrons. The molecule has 0 aliphatic carbocycles. The summed E-state index contributed by atoms with van der Waals surface area (Å²) in [4.78, 5) is 6.49. The quantitative estimate of drug-likeness (QED) is 0.683. The van der Waals surface area contributed by atoms with Crippen LogP contribution in [0.2, 0.25) is 0 Å². The molecule has 1 N–H and O–H groups in total. The first kappa shape index (κ1) is 13.8. The van der Waals surface area contributed by atoms with E-state index in [-0.39, 0.29) is 0 Å². The molecule has 0 unspecified atom stereocenters. The molecule has 0 aromatic carbocycles. The summed E-state index contributed by atoms with van der Waals surface area (Å²) >= 11 is 0. The van der Waals surface area contributed by atoms with Crippen LogP contribution in [-0.2, 0) is 24.7 Å². The highest BCUT2D eigenvalue weighted by atomic mass is 32.3. The fraction of sp³-hybridized carbons (Fsp3) is 1.00. The number of hydrogen-bond acceptors (Lipinski definition) is 5. The van der Waals surface area contributed by atoms with Gasteiger partial charge >= 0.3 is 0 Å². The summed E-state index contributed by atoms with van der Waals surface area (Å²) in [5, 5.41) is -0.976. The van der Waals surface area contributed by atoms with Crippen molar-refractivity contribution < 1.29 is 21.7 Å². The van der Waals surface area contributed by atoms with E-state index in [0.29, 0.717) is 0 Å². The highest BCUT2D eigenvalue weighted by Crippen LogP contribution is 2.05. The van der Waals surface area contributed by atoms with Gasteiger partial charge in [0.2, 0.25) is 10.0 Å². The molecule has 0 aromatic rings. The van der Waals surface area contributed by atoms with Crippen LogP contribution < -0.4 is 4.89 Å². The molecule has 0 bridgehead atoms. The second-order valence-corrected chi connectivity index (χ2v) is 8.15. The molecule has 14 heavy (non-hydrogen) atoms. The minimum Gasteiger partial charge on any atom is -0.281 e.